The molecule has 3 atom stereocenters. The Balaban J connectivity index is 2.10. The second-order valence-corrected chi connectivity index (χ2v) is 4.82. The lowest BCUT2D eigenvalue weighted by Gasteiger charge is -2.35. The molecule has 16 heavy (non-hydrogen) atoms. The zero-order valence-electron chi connectivity index (χ0n) is 9.97. The topological polar surface area (TPSA) is 51.8 Å². The molecular weight excluding hydrogens is 198 g/mol. The molecule has 0 spiro atoms. The van der Waals surface area contributed by atoms with Crippen molar-refractivity contribution < 1.29 is 0 Å². The summed E-state index contributed by atoms with van der Waals surface area (Å²) in [6, 6.07) is 2.14. The van der Waals surface area contributed by atoms with Crippen molar-refractivity contribution in [3.8, 4) is 0 Å². The van der Waals surface area contributed by atoms with E-state index in [9.17, 15) is 0 Å². The highest BCUT2D eigenvalue weighted by molar-refractivity contribution is 5.12. The molecule has 0 saturated heterocycles. The van der Waals surface area contributed by atoms with Crippen molar-refractivity contribution in [3.05, 3.63) is 24.0 Å². The molecule has 1 saturated carbocycles. The van der Waals surface area contributed by atoms with Gasteiger partial charge in [0.15, 0.2) is 0 Å². The average Bonchev–Trinajstić information content (AvgIpc) is 2.39. The molecular formula is C13H21N3. The van der Waals surface area contributed by atoms with E-state index in [-0.39, 0.29) is 6.04 Å². The van der Waals surface area contributed by atoms with Gasteiger partial charge in [0.05, 0.1) is 6.20 Å². The molecule has 0 bridgehead atoms. The monoisotopic (exact) mass is 219 g/mol. The standard InChI is InChI=1S/C13H21N3/c1-2-10-5-3-4-6-12(10)13(14)11-7-8-15-16-9-11/h7-10,12-13H,2-6,14H2,1H3. The van der Waals surface area contributed by atoms with Crippen molar-refractivity contribution in [1.29, 1.82) is 0 Å². The largest absolute Gasteiger partial charge is 0.324 e. The molecule has 2 rings (SSSR count). The molecule has 0 radical (unpaired) electrons. The summed E-state index contributed by atoms with van der Waals surface area (Å²) >= 11 is 0. The fourth-order valence-corrected chi connectivity index (χ4v) is 2.96. The van der Waals surface area contributed by atoms with E-state index < -0.39 is 0 Å². The molecule has 1 aromatic rings. The fraction of sp³-hybridized carbons (Fsp3) is 0.692. The van der Waals surface area contributed by atoms with Crippen LogP contribution < -0.4 is 5.73 Å². The maximum Gasteiger partial charge on any atom is 0.0544 e. The van der Waals surface area contributed by atoms with Gasteiger partial charge in [-0.05, 0) is 29.9 Å². The van der Waals surface area contributed by atoms with Crippen LogP contribution in [-0.4, -0.2) is 10.2 Å². The molecule has 1 aliphatic rings. The molecule has 1 aliphatic carbocycles. The zero-order valence-corrected chi connectivity index (χ0v) is 9.97. The van der Waals surface area contributed by atoms with Gasteiger partial charge in [0.2, 0.25) is 0 Å². The fourth-order valence-electron chi connectivity index (χ4n) is 2.96. The van der Waals surface area contributed by atoms with Gasteiger partial charge in [-0.15, -0.1) is 0 Å². The molecule has 3 nitrogen and oxygen atoms in total. The summed E-state index contributed by atoms with van der Waals surface area (Å²) in [5, 5.41) is 7.73. The van der Waals surface area contributed by atoms with Crippen LogP contribution in [0.1, 0.15) is 50.6 Å². The highest BCUT2D eigenvalue weighted by atomic mass is 15.1. The highest BCUT2D eigenvalue weighted by Gasteiger charge is 2.29. The second-order valence-electron chi connectivity index (χ2n) is 4.82. The first-order valence-electron chi connectivity index (χ1n) is 6.35. The number of hydrogen-bond donors (Lipinski definition) is 1. The van der Waals surface area contributed by atoms with E-state index in [0.717, 1.165) is 11.5 Å². The van der Waals surface area contributed by atoms with Crippen LogP contribution in [0.25, 0.3) is 0 Å². The summed E-state index contributed by atoms with van der Waals surface area (Å²) in [5.74, 6) is 1.42. The molecule has 0 aromatic carbocycles. The Labute approximate surface area is 97.5 Å². The Morgan fingerprint density at radius 2 is 2.19 bits per heavy atom. The van der Waals surface area contributed by atoms with Crippen LogP contribution in [0.3, 0.4) is 0 Å². The summed E-state index contributed by atoms with van der Waals surface area (Å²) < 4.78 is 0. The first-order valence-corrected chi connectivity index (χ1v) is 6.35. The Morgan fingerprint density at radius 1 is 1.38 bits per heavy atom. The third-order valence-electron chi connectivity index (χ3n) is 3.95. The van der Waals surface area contributed by atoms with Gasteiger partial charge in [0, 0.05) is 12.2 Å². The van der Waals surface area contributed by atoms with Crippen LogP contribution >= 0.6 is 0 Å². The molecule has 2 N–H and O–H groups in total. The van der Waals surface area contributed by atoms with Crippen molar-refractivity contribution in [2.24, 2.45) is 17.6 Å². The predicted molar refractivity (Wildman–Crippen MR) is 64.7 cm³/mol. The third kappa shape index (κ3) is 2.40. The Kier molecular flexibility index (Phi) is 3.88. The molecule has 88 valence electrons. The number of nitrogens with two attached hydrogens (primary N) is 1. The second kappa shape index (κ2) is 5.39. The van der Waals surface area contributed by atoms with Crippen molar-refractivity contribution in [2.75, 3.05) is 0 Å². The summed E-state index contributed by atoms with van der Waals surface area (Å²) in [6.07, 6.45) is 10.1. The lowest BCUT2D eigenvalue weighted by Crippen LogP contribution is -2.30. The van der Waals surface area contributed by atoms with Crippen LogP contribution in [0.15, 0.2) is 18.5 Å². The number of rotatable bonds is 3. The SMILES string of the molecule is CCC1CCCCC1C(N)c1ccnnc1. The van der Waals surface area contributed by atoms with E-state index >= 15 is 0 Å². The van der Waals surface area contributed by atoms with Crippen molar-refractivity contribution >= 4 is 0 Å². The normalized spacial score (nSPS) is 27.6. The van der Waals surface area contributed by atoms with Crippen molar-refractivity contribution in [2.45, 2.75) is 45.1 Å². The summed E-state index contributed by atoms with van der Waals surface area (Å²) in [7, 11) is 0. The van der Waals surface area contributed by atoms with Crippen molar-refractivity contribution in [3.63, 3.8) is 0 Å². The smallest absolute Gasteiger partial charge is 0.0544 e. The van der Waals surface area contributed by atoms with Gasteiger partial charge in [0.25, 0.3) is 0 Å². The minimum Gasteiger partial charge on any atom is -0.324 e. The Bertz CT molecular complexity index is 312. The lowest BCUT2D eigenvalue weighted by atomic mass is 9.73. The summed E-state index contributed by atoms with van der Waals surface area (Å²) in [6.45, 7) is 2.28. The van der Waals surface area contributed by atoms with Gasteiger partial charge in [-0.1, -0.05) is 32.6 Å². The van der Waals surface area contributed by atoms with Gasteiger partial charge in [0.1, 0.15) is 0 Å². The van der Waals surface area contributed by atoms with Crippen LogP contribution in [0, 0.1) is 11.8 Å². The first-order chi connectivity index (χ1) is 7.83. The molecule has 3 heteroatoms. The first kappa shape index (κ1) is 11.5. The quantitative estimate of drug-likeness (QED) is 0.850. The van der Waals surface area contributed by atoms with E-state index in [1.165, 1.54) is 32.1 Å². The number of nitrogens with zero attached hydrogens (tertiary/aromatic N) is 2. The zero-order chi connectivity index (χ0) is 11.4. The van der Waals surface area contributed by atoms with E-state index in [1.807, 2.05) is 12.3 Å². The van der Waals surface area contributed by atoms with E-state index in [2.05, 4.69) is 17.1 Å². The molecule has 0 amide bonds. The summed E-state index contributed by atoms with van der Waals surface area (Å²) in [5.41, 5.74) is 7.51. The minimum absolute atomic E-state index is 0.140. The molecule has 3 unspecified atom stereocenters. The van der Waals surface area contributed by atoms with Crippen molar-refractivity contribution in [1.82, 2.24) is 10.2 Å². The maximum atomic E-state index is 6.37. The van der Waals surface area contributed by atoms with Crippen LogP contribution in [0.2, 0.25) is 0 Å². The van der Waals surface area contributed by atoms with E-state index in [0.29, 0.717) is 5.92 Å². The predicted octanol–water partition coefficient (Wildman–Crippen LogP) is 2.69. The lowest BCUT2D eigenvalue weighted by molar-refractivity contribution is 0.196. The van der Waals surface area contributed by atoms with Gasteiger partial charge < -0.3 is 5.73 Å². The van der Waals surface area contributed by atoms with Gasteiger partial charge in [-0.25, -0.2) is 0 Å². The minimum atomic E-state index is 0.140. The van der Waals surface area contributed by atoms with Crippen LogP contribution in [0.5, 0.6) is 0 Å². The third-order valence-corrected chi connectivity index (χ3v) is 3.95. The van der Waals surface area contributed by atoms with E-state index in [4.69, 9.17) is 5.73 Å². The Hall–Kier alpha value is -0.960. The molecule has 1 heterocycles. The molecule has 0 aliphatic heterocycles. The maximum absolute atomic E-state index is 6.37. The van der Waals surface area contributed by atoms with Crippen LogP contribution in [-0.2, 0) is 0 Å². The average molecular weight is 219 g/mol. The molecule has 1 aromatic heterocycles. The van der Waals surface area contributed by atoms with Crippen LogP contribution in [0.4, 0.5) is 0 Å². The Morgan fingerprint density at radius 3 is 2.88 bits per heavy atom. The summed E-state index contributed by atoms with van der Waals surface area (Å²) in [4.78, 5) is 0. The van der Waals surface area contributed by atoms with Gasteiger partial charge in [-0.3, -0.25) is 0 Å². The molecule has 1 fully saturated rings. The highest BCUT2D eigenvalue weighted by Crippen LogP contribution is 2.38. The number of hydrogen-bond acceptors (Lipinski definition) is 3. The van der Waals surface area contributed by atoms with Gasteiger partial charge in [-0.2, -0.15) is 10.2 Å². The van der Waals surface area contributed by atoms with E-state index in [1.54, 1.807) is 6.20 Å². The number of aromatic nitrogens is 2. The van der Waals surface area contributed by atoms with Gasteiger partial charge >= 0.3 is 0 Å².